The number of nitrogens with zero attached hydrogens (tertiary/aromatic N) is 3. The maximum Gasteiger partial charge on any atom is 0.573 e. The molecule has 1 amide bonds. The van der Waals surface area contributed by atoms with Crippen LogP contribution in [0.1, 0.15) is 43.6 Å². The van der Waals surface area contributed by atoms with E-state index in [1.807, 2.05) is 24.3 Å². The number of aromatic nitrogens is 2. The van der Waals surface area contributed by atoms with Gasteiger partial charge in [-0.15, -0.1) is 13.2 Å². The zero-order valence-electron chi connectivity index (χ0n) is 17.4. The molecular weight excluding hydrogens is 423 g/mol. The third-order valence-electron chi connectivity index (χ3n) is 5.33. The monoisotopic (exact) mass is 445 g/mol. The molecule has 2 heterocycles. The molecule has 1 aliphatic rings. The van der Waals surface area contributed by atoms with Gasteiger partial charge in [0.05, 0.1) is 5.92 Å². The van der Waals surface area contributed by atoms with Crippen molar-refractivity contribution in [3.63, 3.8) is 0 Å². The fourth-order valence-corrected chi connectivity index (χ4v) is 3.67. The van der Waals surface area contributed by atoms with Crippen molar-refractivity contribution in [2.24, 2.45) is 0 Å². The molecular formula is C23H22F3N3O3. The topological polar surface area (TPSA) is 68.5 Å². The van der Waals surface area contributed by atoms with Gasteiger partial charge in [0, 0.05) is 24.2 Å². The van der Waals surface area contributed by atoms with Gasteiger partial charge in [0.15, 0.2) is 0 Å². The average molecular weight is 445 g/mol. The van der Waals surface area contributed by atoms with E-state index < -0.39 is 6.36 Å². The molecule has 0 saturated carbocycles. The van der Waals surface area contributed by atoms with E-state index in [0.717, 1.165) is 24.9 Å². The van der Waals surface area contributed by atoms with Crippen molar-refractivity contribution in [2.75, 3.05) is 11.4 Å². The number of unbranched alkanes of at least 4 members (excludes halogenated alkanes) is 1. The summed E-state index contributed by atoms with van der Waals surface area (Å²) in [5.41, 5.74) is 2.56. The number of carbonyl (C=O) groups is 1. The van der Waals surface area contributed by atoms with Crippen molar-refractivity contribution < 1.29 is 27.2 Å². The third-order valence-corrected chi connectivity index (χ3v) is 5.33. The van der Waals surface area contributed by atoms with Crippen LogP contribution < -0.4 is 9.64 Å². The largest absolute Gasteiger partial charge is 0.573 e. The van der Waals surface area contributed by atoms with Gasteiger partial charge in [0.2, 0.25) is 17.6 Å². The van der Waals surface area contributed by atoms with E-state index in [-0.39, 0.29) is 29.8 Å². The Kier molecular flexibility index (Phi) is 6.16. The predicted molar refractivity (Wildman–Crippen MR) is 111 cm³/mol. The molecule has 6 nitrogen and oxygen atoms in total. The number of amides is 1. The maximum atomic E-state index is 12.6. The minimum atomic E-state index is -4.75. The molecule has 0 aliphatic carbocycles. The summed E-state index contributed by atoms with van der Waals surface area (Å²) in [6.45, 7) is 2.57. The van der Waals surface area contributed by atoms with Gasteiger partial charge < -0.3 is 14.2 Å². The van der Waals surface area contributed by atoms with Gasteiger partial charge >= 0.3 is 6.36 Å². The first-order chi connectivity index (χ1) is 15.3. The summed E-state index contributed by atoms with van der Waals surface area (Å²) in [5.74, 6) is -0.0421. The molecule has 32 heavy (non-hydrogen) atoms. The Hall–Kier alpha value is -3.36. The highest BCUT2D eigenvalue weighted by molar-refractivity contribution is 5.96. The number of benzene rings is 2. The molecule has 1 unspecified atom stereocenters. The van der Waals surface area contributed by atoms with Crippen molar-refractivity contribution in [1.29, 1.82) is 0 Å². The Labute approximate surface area is 183 Å². The average Bonchev–Trinajstić information content (AvgIpc) is 3.39. The van der Waals surface area contributed by atoms with Gasteiger partial charge in [-0.2, -0.15) is 4.98 Å². The number of anilines is 1. The normalized spacial score (nSPS) is 16.6. The van der Waals surface area contributed by atoms with Gasteiger partial charge in [0.1, 0.15) is 5.75 Å². The van der Waals surface area contributed by atoms with Gasteiger partial charge in [-0.25, -0.2) is 0 Å². The Morgan fingerprint density at radius 2 is 1.84 bits per heavy atom. The highest BCUT2D eigenvalue weighted by Crippen LogP contribution is 2.32. The van der Waals surface area contributed by atoms with Gasteiger partial charge in [-0.3, -0.25) is 4.79 Å². The molecule has 4 rings (SSSR count). The summed E-state index contributed by atoms with van der Waals surface area (Å²) >= 11 is 0. The molecule has 1 aliphatic heterocycles. The molecule has 0 spiro atoms. The second-order valence-corrected chi connectivity index (χ2v) is 7.70. The van der Waals surface area contributed by atoms with Crippen LogP contribution in [0.15, 0.2) is 53.1 Å². The van der Waals surface area contributed by atoms with Crippen LogP contribution in [0.5, 0.6) is 5.75 Å². The quantitative estimate of drug-likeness (QED) is 0.481. The first-order valence-electron chi connectivity index (χ1n) is 10.4. The molecule has 1 fully saturated rings. The number of alkyl halides is 3. The summed E-state index contributed by atoms with van der Waals surface area (Å²) in [7, 11) is 0. The minimum Gasteiger partial charge on any atom is -0.406 e. The molecule has 1 saturated heterocycles. The van der Waals surface area contributed by atoms with Crippen molar-refractivity contribution in [3.05, 3.63) is 60.0 Å². The van der Waals surface area contributed by atoms with Crippen molar-refractivity contribution >= 4 is 11.6 Å². The lowest BCUT2D eigenvalue weighted by Crippen LogP contribution is -2.24. The number of hydrogen-bond acceptors (Lipinski definition) is 5. The zero-order valence-corrected chi connectivity index (χ0v) is 17.4. The molecule has 9 heteroatoms. The fourth-order valence-electron chi connectivity index (χ4n) is 3.67. The lowest BCUT2D eigenvalue weighted by atomic mass is 10.1. The van der Waals surface area contributed by atoms with E-state index in [1.54, 1.807) is 4.90 Å². The Morgan fingerprint density at radius 1 is 1.12 bits per heavy atom. The van der Waals surface area contributed by atoms with Crippen molar-refractivity contribution in [3.8, 4) is 17.1 Å². The fraction of sp³-hybridized carbons (Fsp3) is 0.348. The van der Waals surface area contributed by atoms with Crippen molar-refractivity contribution in [1.82, 2.24) is 10.1 Å². The van der Waals surface area contributed by atoms with Crippen LogP contribution in [0.3, 0.4) is 0 Å². The van der Waals surface area contributed by atoms with Gasteiger partial charge in [-0.1, -0.05) is 30.6 Å². The first-order valence-corrected chi connectivity index (χ1v) is 10.4. The highest BCUT2D eigenvalue weighted by Gasteiger charge is 2.35. The van der Waals surface area contributed by atoms with E-state index in [4.69, 9.17) is 4.52 Å². The molecule has 168 valence electrons. The highest BCUT2D eigenvalue weighted by atomic mass is 19.4. The smallest absolute Gasteiger partial charge is 0.406 e. The SMILES string of the molecule is CCCCc1ccc(N2CC(c3nc(-c4ccc(OC(F)(F)F)cc4)no3)CC2=O)cc1. The van der Waals surface area contributed by atoms with Crippen LogP contribution in [-0.2, 0) is 11.2 Å². The number of hydrogen-bond donors (Lipinski definition) is 0. The molecule has 1 atom stereocenters. The Bertz CT molecular complexity index is 1060. The van der Waals surface area contributed by atoms with Crippen molar-refractivity contribution in [2.45, 2.75) is 44.9 Å². The van der Waals surface area contributed by atoms with Crippen LogP contribution in [0.25, 0.3) is 11.4 Å². The van der Waals surface area contributed by atoms with E-state index in [9.17, 15) is 18.0 Å². The molecule has 0 N–H and O–H groups in total. The van der Waals surface area contributed by atoms with Crippen LogP contribution in [-0.4, -0.2) is 29.0 Å². The van der Waals surface area contributed by atoms with Gasteiger partial charge in [-0.05, 0) is 54.8 Å². The van der Waals surface area contributed by atoms with Gasteiger partial charge in [0.25, 0.3) is 0 Å². The molecule has 0 radical (unpaired) electrons. The number of carbonyl (C=O) groups excluding carboxylic acids is 1. The summed E-state index contributed by atoms with van der Waals surface area (Å²) in [6.07, 6.45) is -1.23. The predicted octanol–water partition coefficient (Wildman–Crippen LogP) is 5.50. The first kappa shape index (κ1) is 21.9. The Morgan fingerprint density at radius 3 is 2.50 bits per heavy atom. The van der Waals surface area contributed by atoms with Crippen LogP contribution in [0, 0.1) is 0 Å². The molecule has 0 bridgehead atoms. The van der Waals surface area contributed by atoms with Crippen LogP contribution >= 0.6 is 0 Å². The van der Waals surface area contributed by atoms with E-state index in [1.165, 1.54) is 29.8 Å². The Balaban J connectivity index is 1.43. The molecule has 1 aromatic heterocycles. The minimum absolute atomic E-state index is 0.0234. The summed E-state index contributed by atoms with van der Waals surface area (Å²) < 4.78 is 46.1. The second kappa shape index (κ2) is 9.02. The van der Waals surface area contributed by atoms with Crippen LogP contribution in [0.4, 0.5) is 18.9 Å². The third kappa shape index (κ3) is 5.09. The summed E-state index contributed by atoms with van der Waals surface area (Å²) in [4.78, 5) is 18.6. The zero-order chi connectivity index (χ0) is 22.7. The number of aryl methyl sites for hydroxylation is 1. The van der Waals surface area contributed by atoms with Crippen LogP contribution in [0.2, 0.25) is 0 Å². The van der Waals surface area contributed by atoms with E-state index >= 15 is 0 Å². The summed E-state index contributed by atoms with van der Waals surface area (Å²) in [6, 6.07) is 13.2. The summed E-state index contributed by atoms with van der Waals surface area (Å²) in [5, 5.41) is 3.92. The number of rotatable bonds is 7. The van der Waals surface area contributed by atoms with E-state index in [0.29, 0.717) is 18.0 Å². The second-order valence-electron chi connectivity index (χ2n) is 7.70. The number of halogens is 3. The molecule has 2 aromatic carbocycles. The standard InChI is InChI=1S/C23H22F3N3O3/c1-2-3-4-15-5-9-18(10-6-15)29-14-17(13-20(29)30)22-27-21(28-32-22)16-7-11-19(12-8-16)31-23(24,25)26/h5-12,17H,2-4,13-14H2,1H3. The maximum absolute atomic E-state index is 12.6. The lowest BCUT2D eigenvalue weighted by Gasteiger charge is -2.16. The van der Waals surface area contributed by atoms with E-state index in [2.05, 4.69) is 21.8 Å². The molecule has 3 aromatic rings. The lowest BCUT2D eigenvalue weighted by molar-refractivity contribution is -0.274. The number of ether oxygens (including phenoxy) is 1.